The second-order valence-corrected chi connectivity index (χ2v) is 3.45. The van der Waals surface area contributed by atoms with Crippen molar-refractivity contribution in [1.82, 2.24) is 8.76 Å². The largest absolute Gasteiger partial charge is 0.418 e. The Labute approximate surface area is 79.8 Å². The molecule has 0 radical (unpaired) electrons. The summed E-state index contributed by atoms with van der Waals surface area (Å²) in [6.07, 6.45) is -4.49. The average molecular weight is 206 g/mol. The molecule has 0 amide bonds. The Morgan fingerprint density at radius 2 is 2.08 bits per heavy atom. The quantitative estimate of drug-likeness (QED) is 0.558. The average Bonchev–Trinajstić information content (AvgIpc) is 1.94. The van der Waals surface area contributed by atoms with Crippen LogP contribution in [0.5, 0.6) is 0 Å². The summed E-state index contributed by atoms with van der Waals surface area (Å²) in [5.74, 6) is 0. The fourth-order valence-corrected chi connectivity index (χ4v) is 1.37. The van der Waals surface area contributed by atoms with Gasteiger partial charge in [0, 0.05) is 6.07 Å². The number of halogens is 3. The highest BCUT2D eigenvalue weighted by molar-refractivity contribution is 6.05. The van der Waals surface area contributed by atoms with Crippen LogP contribution in [0.25, 0.3) is 0 Å². The molecule has 13 heavy (non-hydrogen) atoms. The second kappa shape index (κ2) is 3.16. The van der Waals surface area contributed by atoms with Crippen molar-refractivity contribution in [3.8, 4) is 0 Å². The summed E-state index contributed by atoms with van der Waals surface area (Å²) in [5, 5.41) is 3.49. The number of aryl methyl sites for hydroxylation is 1. The van der Waals surface area contributed by atoms with E-state index in [2.05, 4.69) is 5.10 Å². The van der Waals surface area contributed by atoms with E-state index in [1.807, 2.05) is 0 Å². The van der Waals surface area contributed by atoms with E-state index in [4.69, 9.17) is 0 Å². The van der Waals surface area contributed by atoms with Gasteiger partial charge in [0.05, 0.1) is 11.3 Å². The summed E-state index contributed by atoms with van der Waals surface area (Å²) in [7, 11) is 0. The summed E-state index contributed by atoms with van der Waals surface area (Å²) >= 11 is 0.285. The predicted molar refractivity (Wildman–Crippen MR) is 42.2 cm³/mol. The van der Waals surface area contributed by atoms with Crippen LogP contribution in [0.3, 0.4) is 0 Å². The van der Waals surface area contributed by atoms with Crippen LogP contribution in [-0.4, -0.2) is 25.3 Å². The van der Waals surface area contributed by atoms with E-state index in [0.29, 0.717) is 6.07 Å². The van der Waals surface area contributed by atoms with Gasteiger partial charge < -0.3 is 3.67 Å². The van der Waals surface area contributed by atoms with Gasteiger partial charge in [0.15, 0.2) is 0 Å². The normalized spacial score (nSPS) is 11.7. The van der Waals surface area contributed by atoms with Crippen molar-refractivity contribution in [2.24, 2.45) is 0 Å². The van der Waals surface area contributed by atoms with Crippen LogP contribution in [0.2, 0.25) is 0 Å². The fourth-order valence-electron chi connectivity index (χ4n) is 0.936. The molecule has 1 aromatic heterocycles. The molecule has 1 aromatic rings. The molecule has 70 valence electrons. The van der Waals surface area contributed by atoms with Crippen LogP contribution >= 0.6 is 0 Å². The maximum atomic E-state index is 12.2. The third-order valence-electron chi connectivity index (χ3n) is 1.58. The van der Waals surface area contributed by atoms with Gasteiger partial charge in [-0.25, -0.2) is 5.10 Å². The Kier molecular flexibility index (Phi) is 2.50. The van der Waals surface area contributed by atoms with Crippen molar-refractivity contribution in [2.75, 3.05) is 0 Å². The minimum absolute atomic E-state index is 0.165. The third kappa shape index (κ3) is 2.11. The molecule has 0 unspecified atom stereocenters. The monoisotopic (exact) mass is 206 g/mol. The number of hydrogen-bond acceptors (Lipinski definition) is 2. The van der Waals surface area contributed by atoms with Gasteiger partial charge in [-0.3, -0.25) is 4.79 Å². The first-order valence-corrected chi connectivity index (χ1v) is 4.34. The van der Waals surface area contributed by atoms with Crippen molar-refractivity contribution in [2.45, 2.75) is 13.1 Å². The molecule has 7 heteroatoms. The molecule has 0 aliphatic rings. The summed E-state index contributed by atoms with van der Waals surface area (Å²) in [5.41, 5.74) is -1.82. The van der Waals surface area contributed by atoms with E-state index in [1.54, 1.807) is 0 Å². The lowest BCUT2D eigenvalue weighted by Crippen LogP contribution is -2.25. The zero-order valence-electron chi connectivity index (χ0n) is 7.01. The molecule has 1 rings (SSSR count). The van der Waals surface area contributed by atoms with E-state index in [-0.39, 0.29) is 22.2 Å². The molecule has 0 aliphatic heterocycles. The van der Waals surface area contributed by atoms with Gasteiger partial charge in [0.25, 0.3) is 0 Å². The van der Waals surface area contributed by atoms with E-state index in [0.717, 1.165) is 3.67 Å². The molecule has 0 bridgehead atoms. The molecule has 1 heterocycles. The smallest absolute Gasteiger partial charge is 0.337 e. The molecule has 0 saturated carbocycles. The van der Waals surface area contributed by atoms with Gasteiger partial charge in [-0.05, 0) is 6.92 Å². The highest BCUT2D eigenvalue weighted by Crippen LogP contribution is 2.29. The molecule has 3 nitrogen and oxygen atoms in total. The summed E-state index contributed by atoms with van der Waals surface area (Å²) < 4.78 is 37.6. The number of alkyl halides is 3. The highest BCUT2D eigenvalue weighted by atomic mass is 27.1. The van der Waals surface area contributed by atoms with E-state index >= 15 is 0 Å². The first kappa shape index (κ1) is 10.3. The Morgan fingerprint density at radius 1 is 1.54 bits per heavy atom. The van der Waals surface area contributed by atoms with Crippen molar-refractivity contribution >= 4 is 16.5 Å². The van der Waals surface area contributed by atoms with Gasteiger partial charge in [0.1, 0.15) is 0 Å². The molecule has 0 N–H and O–H groups in total. The lowest BCUT2D eigenvalue weighted by atomic mass is 10.2. The maximum absolute atomic E-state index is 12.2. The van der Waals surface area contributed by atoms with Crippen molar-refractivity contribution < 1.29 is 13.2 Å². The molecule has 0 aliphatic carbocycles. The van der Waals surface area contributed by atoms with Gasteiger partial charge in [0.2, 0.25) is 5.56 Å². The standard InChI is InChI=1S/C6H5F3N2O.Al.2H/c1-3-4(6(7,8)9)2-5(12)11-10-3;;;/h2H,1H3,(H,11,12);;;/q;+1;;/p-1. The SMILES string of the molecule is Cc1n[n]([AlH2])c(=O)cc1C(F)(F)F. The molecule has 0 fully saturated rings. The number of hydrogen-bond donors (Lipinski definition) is 0. The molecule has 0 atom stereocenters. The van der Waals surface area contributed by atoms with Gasteiger partial charge in [-0.2, -0.15) is 13.2 Å². The minimum Gasteiger partial charge on any atom is -0.337 e. The fraction of sp³-hybridized carbons (Fsp3) is 0.333. The van der Waals surface area contributed by atoms with Crippen LogP contribution in [0, 0.1) is 6.92 Å². The molecule has 0 aromatic carbocycles. The Bertz CT molecular complexity index is 384. The van der Waals surface area contributed by atoms with E-state index in [9.17, 15) is 18.0 Å². The Morgan fingerprint density at radius 3 is 2.54 bits per heavy atom. The summed E-state index contributed by atoms with van der Waals surface area (Å²) in [4.78, 5) is 10.9. The molecular weight excluding hydrogens is 200 g/mol. The zero-order chi connectivity index (χ0) is 10.2. The molecule has 0 saturated heterocycles. The third-order valence-corrected chi connectivity index (χ3v) is 2.22. The number of rotatable bonds is 0. The number of nitrogens with zero attached hydrogens (tertiary/aromatic N) is 2. The lowest BCUT2D eigenvalue weighted by Gasteiger charge is -2.09. The Balaban J connectivity index is 3.41. The van der Waals surface area contributed by atoms with Crippen molar-refractivity contribution in [3.63, 3.8) is 0 Å². The van der Waals surface area contributed by atoms with Gasteiger partial charge >= 0.3 is 22.7 Å². The van der Waals surface area contributed by atoms with E-state index < -0.39 is 17.3 Å². The predicted octanol–water partition coefficient (Wildman–Crippen LogP) is -0.0333. The maximum Gasteiger partial charge on any atom is 0.418 e. The highest BCUT2D eigenvalue weighted by Gasteiger charge is 2.33. The first-order valence-electron chi connectivity index (χ1n) is 3.44. The van der Waals surface area contributed by atoms with Crippen LogP contribution in [0.4, 0.5) is 13.2 Å². The van der Waals surface area contributed by atoms with Crippen molar-refractivity contribution in [3.05, 3.63) is 27.7 Å². The molecular formula is C6H6AlF3N2O. The van der Waals surface area contributed by atoms with Crippen LogP contribution in [0.1, 0.15) is 11.3 Å². The topological polar surface area (TPSA) is 34.9 Å². The number of aromatic nitrogens is 2. The van der Waals surface area contributed by atoms with Crippen LogP contribution in [-0.2, 0) is 6.18 Å². The second-order valence-electron chi connectivity index (χ2n) is 2.60. The zero-order valence-corrected chi connectivity index (χ0v) is 9.01. The van der Waals surface area contributed by atoms with Crippen LogP contribution in [0.15, 0.2) is 10.9 Å². The van der Waals surface area contributed by atoms with Gasteiger partial charge in [-0.15, -0.1) is 0 Å². The van der Waals surface area contributed by atoms with Crippen molar-refractivity contribution in [1.29, 1.82) is 0 Å². The Hall–Kier alpha value is -0.798. The van der Waals surface area contributed by atoms with Gasteiger partial charge in [-0.1, -0.05) is 0 Å². The van der Waals surface area contributed by atoms with E-state index in [1.165, 1.54) is 6.92 Å². The summed E-state index contributed by atoms with van der Waals surface area (Å²) in [6.45, 7) is 1.23. The van der Waals surface area contributed by atoms with Crippen LogP contribution < -0.4 is 5.56 Å². The summed E-state index contributed by atoms with van der Waals surface area (Å²) in [6, 6.07) is 0.579. The molecule has 0 spiro atoms. The lowest BCUT2D eigenvalue weighted by molar-refractivity contribution is -0.138. The minimum atomic E-state index is -4.49. The first-order chi connectivity index (χ1) is 5.82.